The molecule has 0 aliphatic heterocycles. The molecule has 2 aromatic rings. The Hall–Kier alpha value is -3.13. The molecule has 7 nitrogen and oxygen atoms in total. The predicted octanol–water partition coefficient (Wildman–Crippen LogP) is 1.41. The topological polar surface area (TPSA) is 88.7 Å². The first-order valence-corrected chi connectivity index (χ1v) is 7.71. The van der Waals surface area contributed by atoms with Gasteiger partial charge in [-0.05, 0) is 48.6 Å². The van der Waals surface area contributed by atoms with Gasteiger partial charge in [0.25, 0.3) is 11.8 Å². The number of thiocarbonyl (C=S) groups is 1. The third-order valence-corrected chi connectivity index (χ3v) is 3.21. The van der Waals surface area contributed by atoms with E-state index in [9.17, 15) is 9.59 Å². The van der Waals surface area contributed by atoms with Crippen molar-refractivity contribution in [2.75, 3.05) is 13.7 Å². The van der Waals surface area contributed by atoms with Crippen molar-refractivity contribution in [1.82, 2.24) is 16.2 Å². The van der Waals surface area contributed by atoms with Gasteiger partial charge in [0.05, 0.1) is 7.11 Å². The largest absolute Gasteiger partial charge is 0.497 e. The maximum atomic E-state index is 11.9. The predicted molar refractivity (Wildman–Crippen MR) is 96.3 cm³/mol. The monoisotopic (exact) mass is 359 g/mol. The van der Waals surface area contributed by atoms with Crippen LogP contribution in [0.25, 0.3) is 0 Å². The smallest absolute Gasteiger partial charge is 0.269 e. The number of nitrogens with one attached hydrogen (secondary N) is 3. The standard InChI is InChI=1S/C17H17N3O4S/c1-23-13-9-7-12(8-10-13)16(22)19-20-17(25)18-15(21)11-24-14-5-3-2-4-6-14/h2-10H,11H2,1H3,(H,19,22)(H2,18,20,21,25). The van der Waals surface area contributed by atoms with Crippen molar-refractivity contribution in [1.29, 1.82) is 0 Å². The van der Waals surface area contributed by atoms with Gasteiger partial charge in [0.15, 0.2) is 11.7 Å². The summed E-state index contributed by atoms with van der Waals surface area (Å²) >= 11 is 4.94. The van der Waals surface area contributed by atoms with Gasteiger partial charge in [0, 0.05) is 5.56 Å². The molecule has 0 fully saturated rings. The van der Waals surface area contributed by atoms with E-state index < -0.39 is 11.8 Å². The minimum absolute atomic E-state index is 0.0384. The Bertz CT molecular complexity index is 735. The van der Waals surface area contributed by atoms with Gasteiger partial charge in [-0.3, -0.25) is 25.8 Å². The highest BCUT2D eigenvalue weighted by Crippen LogP contribution is 2.10. The van der Waals surface area contributed by atoms with Crippen molar-refractivity contribution >= 4 is 29.1 Å². The van der Waals surface area contributed by atoms with E-state index in [4.69, 9.17) is 21.7 Å². The minimum atomic E-state index is -0.444. The normalized spacial score (nSPS) is 9.64. The lowest BCUT2D eigenvalue weighted by atomic mass is 10.2. The molecule has 25 heavy (non-hydrogen) atoms. The first kappa shape index (κ1) is 18.2. The summed E-state index contributed by atoms with van der Waals surface area (Å²) in [6, 6.07) is 15.4. The molecular formula is C17H17N3O4S. The number of carbonyl (C=O) groups is 2. The first-order valence-electron chi connectivity index (χ1n) is 7.30. The number of hydrogen-bond donors (Lipinski definition) is 3. The van der Waals surface area contributed by atoms with E-state index in [1.54, 1.807) is 55.6 Å². The summed E-state index contributed by atoms with van der Waals surface area (Å²) < 4.78 is 10.3. The molecule has 0 spiro atoms. The molecule has 2 rings (SSSR count). The number of amides is 2. The third kappa shape index (κ3) is 6.11. The van der Waals surface area contributed by atoms with Crippen molar-refractivity contribution < 1.29 is 19.1 Å². The van der Waals surface area contributed by atoms with E-state index in [2.05, 4.69) is 16.2 Å². The first-order chi connectivity index (χ1) is 12.1. The zero-order valence-corrected chi connectivity index (χ0v) is 14.3. The molecule has 0 radical (unpaired) electrons. The van der Waals surface area contributed by atoms with E-state index >= 15 is 0 Å². The minimum Gasteiger partial charge on any atom is -0.497 e. The van der Waals surface area contributed by atoms with Crippen molar-refractivity contribution in [3.05, 3.63) is 60.2 Å². The molecule has 130 valence electrons. The van der Waals surface area contributed by atoms with E-state index in [-0.39, 0.29) is 11.7 Å². The maximum Gasteiger partial charge on any atom is 0.269 e. The molecular weight excluding hydrogens is 342 g/mol. The lowest BCUT2D eigenvalue weighted by molar-refractivity contribution is -0.121. The molecule has 2 aromatic carbocycles. The van der Waals surface area contributed by atoms with Crippen molar-refractivity contribution in [3.63, 3.8) is 0 Å². The summed E-state index contributed by atoms with van der Waals surface area (Å²) in [5.74, 6) is 0.370. The second kappa shape index (κ2) is 9.24. The molecule has 0 unspecified atom stereocenters. The van der Waals surface area contributed by atoms with Gasteiger partial charge >= 0.3 is 0 Å². The van der Waals surface area contributed by atoms with Gasteiger partial charge in [0.1, 0.15) is 11.5 Å². The average Bonchev–Trinajstić information content (AvgIpc) is 2.65. The lowest BCUT2D eigenvalue weighted by Crippen LogP contribution is -2.49. The number of ether oxygens (including phenoxy) is 2. The number of rotatable bonds is 5. The van der Waals surface area contributed by atoms with Crippen LogP contribution in [0.4, 0.5) is 0 Å². The van der Waals surface area contributed by atoms with Crippen LogP contribution in [0, 0.1) is 0 Å². The van der Waals surface area contributed by atoms with Gasteiger partial charge in [-0.1, -0.05) is 18.2 Å². The van der Waals surface area contributed by atoms with E-state index in [1.165, 1.54) is 0 Å². The average molecular weight is 359 g/mol. The molecule has 2 amide bonds. The van der Waals surface area contributed by atoms with Crippen molar-refractivity contribution in [2.24, 2.45) is 0 Å². The maximum absolute atomic E-state index is 11.9. The highest BCUT2D eigenvalue weighted by Gasteiger charge is 2.08. The Morgan fingerprint density at radius 2 is 1.64 bits per heavy atom. The van der Waals surface area contributed by atoms with Gasteiger partial charge in [-0.25, -0.2) is 0 Å². The summed E-state index contributed by atoms with van der Waals surface area (Å²) in [4.78, 5) is 23.7. The summed E-state index contributed by atoms with van der Waals surface area (Å²) in [7, 11) is 1.54. The fourth-order valence-electron chi connectivity index (χ4n) is 1.79. The highest BCUT2D eigenvalue weighted by molar-refractivity contribution is 7.80. The van der Waals surface area contributed by atoms with E-state index in [0.717, 1.165) is 0 Å². The van der Waals surface area contributed by atoms with Crippen LogP contribution in [0.2, 0.25) is 0 Å². The second-order valence-corrected chi connectivity index (χ2v) is 5.19. The van der Waals surface area contributed by atoms with Crippen LogP contribution >= 0.6 is 12.2 Å². The number of para-hydroxylation sites is 1. The summed E-state index contributed by atoms with van der Waals surface area (Å²) in [6.45, 7) is -0.196. The number of hydrogen-bond acceptors (Lipinski definition) is 5. The molecule has 8 heteroatoms. The fourth-order valence-corrected chi connectivity index (χ4v) is 1.95. The third-order valence-electron chi connectivity index (χ3n) is 3.01. The highest BCUT2D eigenvalue weighted by atomic mass is 32.1. The summed E-state index contributed by atoms with van der Waals surface area (Å²) in [5.41, 5.74) is 5.25. The van der Waals surface area contributed by atoms with Crippen molar-refractivity contribution in [2.45, 2.75) is 0 Å². The number of methoxy groups -OCH3 is 1. The molecule has 3 N–H and O–H groups in total. The summed E-state index contributed by atoms with van der Waals surface area (Å²) in [6.07, 6.45) is 0. The molecule has 0 atom stereocenters. The number of hydrazine groups is 1. The molecule has 0 bridgehead atoms. The summed E-state index contributed by atoms with van der Waals surface area (Å²) in [5, 5.41) is 2.36. The Kier molecular flexibility index (Phi) is 6.73. The van der Waals surface area contributed by atoms with Crippen LogP contribution in [0.1, 0.15) is 10.4 Å². The van der Waals surface area contributed by atoms with Gasteiger partial charge in [-0.15, -0.1) is 0 Å². The van der Waals surface area contributed by atoms with E-state index in [0.29, 0.717) is 17.1 Å². The zero-order valence-electron chi connectivity index (χ0n) is 13.4. The lowest BCUT2D eigenvalue weighted by Gasteiger charge is -2.11. The van der Waals surface area contributed by atoms with Crippen LogP contribution < -0.4 is 25.6 Å². The van der Waals surface area contributed by atoms with Crippen LogP contribution in [0.5, 0.6) is 11.5 Å². The van der Waals surface area contributed by atoms with Crippen molar-refractivity contribution in [3.8, 4) is 11.5 Å². The van der Waals surface area contributed by atoms with E-state index in [1.807, 2.05) is 6.07 Å². The Morgan fingerprint density at radius 1 is 0.960 bits per heavy atom. The molecule has 0 saturated carbocycles. The number of carbonyl (C=O) groups excluding carboxylic acids is 2. The molecule has 0 aliphatic rings. The van der Waals surface area contributed by atoms with Gasteiger partial charge in [-0.2, -0.15) is 0 Å². The SMILES string of the molecule is COc1ccc(C(=O)NNC(=S)NC(=O)COc2ccccc2)cc1. The molecule has 0 saturated heterocycles. The Morgan fingerprint density at radius 3 is 2.28 bits per heavy atom. The van der Waals surface area contributed by atoms with Crippen LogP contribution in [0.15, 0.2) is 54.6 Å². The fraction of sp³-hybridized carbons (Fsp3) is 0.118. The number of benzene rings is 2. The molecule has 0 aliphatic carbocycles. The quantitative estimate of drug-likeness (QED) is 0.553. The Balaban J connectivity index is 1.72. The van der Waals surface area contributed by atoms with Crippen LogP contribution in [-0.4, -0.2) is 30.6 Å². The van der Waals surface area contributed by atoms with Gasteiger partial charge < -0.3 is 9.47 Å². The Labute approximate surface area is 150 Å². The van der Waals surface area contributed by atoms with Crippen LogP contribution in [-0.2, 0) is 4.79 Å². The zero-order chi connectivity index (χ0) is 18.1. The van der Waals surface area contributed by atoms with Gasteiger partial charge in [0.2, 0.25) is 0 Å². The molecule has 0 aromatic heterocycles. The molecule has 0 heterocycles. The van der Waals surface area contributed by atoms with Crippen LogP contribution in [0.3, 0.4) is 0 Å². The second-order valence-electron chi connectivity index (χ2n) is 4.79.